The minimum Gasteiger partial charge on any atom is -0.384 e. The van der Waals surface area contributed by atoms with Crippen molar-refractivity contribution >= 4 is 5.69 Å². The topological polar surface area (TPSA) is 21.3 Å². The van der Waals surface area contributed by atoms with Gasteiger partial charge in [-0.3, -0.25) is 0 Å². The zero-order chi connectivity index (χ0) is 14.5. The monoisotopic (exact) mass is 281 g/mol. The van der Waals surface area contributed by atoms with Gasteiger partial charge in [0.05, 0.1) is 6.61 Å². The van der Waals surface area contributed by atoms with Crippen molar-refractivity contribution in [1.82, 2.24) is 0 Å². The molecule has 0 radical (unpaired) electrons. The van der Waals surface area contributed by atoms with Crippen LogP contribution in [0.3, 0.4) is 0 Å². The number of rotatable bonds is 5. The molecular formula is C19H23NO. The molecule has 2 aromatic rings. The highest BCUT2D eigenvalue weighted by Crippen LogP contribution is 2.31. The second-order valence-corrected chi connectivity index (χ2v) is 5.80. The Bertz CT molecular complexity index is 594. The van der Waals surface area contributed by atoms with Gasteiger partial charge in [-0.15, -0.1) is 0 Å². The van der Waals surface area contributed by atoms with E-state index in [0.29, 0.717) is 12.5 Å². The van der Waals surface area contributed by atoms with Gasteiger partial charge < -0.3 is 10.1 Å². The summed E-state index contributed by atoms with van der Waals surface area (Å²) < 4.78 is 5.20. The molecule has 0 amide bonds. The average molecular weight is 281 g/mol. The molecule has 3 rings (SSSR count). The van der Waals surface area contributed by atoms with Crippen molar-refractivity contribution in [3.63, 3.8) is 0 Å². The molecule has 21 heavy (non-hydrogen) atoms. The molecule has 2 heteroatoms. The van der Waals surface area contributed by atoms with E-state index in [9.17, 15) is 0 Å². The molecule has 0 bridgehead atoms. The van der Waals surface area contributed by atoms with Gasteiger partial charge in [-0.05, 0) is 48.1 Å². The number of aryl methyl sites for hydroxylation is 1. The van der Waals surface area contributed by atoms with Crippen LogP contribution in [0.2, 0.25) is 0 Å². The lowest BCUT2D eigenvalue weighted by Gasteiger charge is -2.26. The van der Waals surface area contributed by atoms with Gasteiger partial charge in [0.15, 0.2) is 0 Å². The molecular weight excluding hydrogens is 258 g/mol. The van der Waals surface area contributed by atoms with Gasteiger partial charge in [0.1, 0.15) is 0 Å². The highest BCUT2D eigenvalue weighted by atomic mass is 16.5. The zero-order valence-corrected chi connectivity index (χ0v) is 12.6. The standard InChI is InChI=1S/C19H23NO/c1-21-14-15-6-4-10-18(12-15)20-13-17-9-5-8-16-7-2-3-11-19(16)17/h2-4,6-7,10-12,17,20H,5,8-9,13-14H2,1H3. The van der Waals surface area contributed by atoms with Crippen LogP contribution in [-0.2, 0) is 17.8 Å². The fraction of sp³-hybridized carbons (Fsp3) is 0.368. The maximum Gasteiger partial charge on any atom is 0.0713 e. The first-order valence-electron chi connectivity index (χ1n) is 7.76. The smallest absolute Gasteiger partial charge is 0.0713 e. The Morgan fingerprint density at radius 2 is 2.05 bits per heavy atom. The Kier molecular flexibility index (Phi) is 4.56. The number of ether oxygens (including phenoxy) is 1. The molecule has 0 aromatic heterocycles. The van der Waals surface area contributed by atoms with Crippen LogP contribution in [0.4, 0.5) is 5.69 Å². The summed E-state index contributed by atoms with van der Waals surface area (Å²) in [5, 5.41) is 3.60. The summed E-state index contributed by atoms with van der Waals surface area (Å²) in [4.78, 5) is 0. The SMILES string of the molecule is COCc1cccc(NCC2CCCc3ccccc32)c1. The molecule has 0 saturated carbocycles. The van der Waals surface area contributed by atoms with Crippen LogP contribution in [0.15, 0.2) is 48.5 Å². The van der Waals surface area contributed by atoms with E-state index in [1.54, 1.807) is 7.11 Å². The summed E-state index contributed by atoms with van der Waals surface area (Å²) in [6, 6.07) is 17.4. The predicted octanol–water partition coefficient (Wildman–Crippen LogP) is 4.37. The second kappa shape index (κ2) is 6.77. The molecule has 1 N–H and O–H groups in total. The molecule has 0 saturated heterocycles. The van der Waals surface area contributed by atoms with E-state index < -0.39 is 0 Å². The van der Waals surface area contributed by atoms with Crippen molar-refractivity contribution < 1.29 is 4.74 Å². The van der Waals surface area contributed by atoms with Crippen molar-refractivity contribution in [3.05, 3.63) is 65.2 Å². The summed E-state index contributed by atoms with van der Waals surface area (Å²) in [6.07, 6.45) is 3.81. The summed E-state index contributed by atoms with van der Waals surface area (Å²) >= 11 is 0. The molecule has 110 valence electrons. The van der Waals surface area contributed by atoms with Gasteiger partial charge in [-0.25, -0.2) is 0 Å². The summed E-state index contributed by atoms with van der Waals surface area (Å²) in [5.41, 5.74) is 5.46. The second-order valence-electron chi connectivity index (χ2n) is 5.80. The molecule has 0 aliphatic heterocycles. The Hall–Kier alpha value is -1.80. The quantitative estimate of drug-likeness (QED) is 0.879. The van der Waals surface area contributed by atoms with Crippen LogP contribution in [0, 0.1) is 0 Å². The molecule has 1 atom stereocenters. The minimum absolute atomic E-state index is 0.626. The zero-order valence-electron chi connectivity index (χ0n) is 12.6. The molecule has 0 spiro atoms. The largest absolute Gasteiger partial charge is 0.384 e. The van der Waals surface area contributed by atoms with Crippen molar-refractivity contribution in [3.8, 4) is 0 Å². The van der Waals surface area contributed by atoms with Gasteiger partial charge in [0.25, 0.3) is 0 Å². The first-order valence-corrected chi connectivity index (χ1v) is 7.76. The number of hydrogen-bond donors (Lipinski definition) is 1. The molecule has 2 nitrogen and oxygen atoms in total. The lowest BCUT2D eigenvalue weighted by Crippen LogP contribution is -2.18. The Morgan fingerprint density at radius 1 is 1.14 bits per heavy atom. The van der Waals surface area contributed by atoms with E-state index in [1.165, 1.54) is 41.6 Å². The summed E-state index contributed by atoms with van der Waals surface area (Å²) in [6.45, 7) is 1.68. The van der Waals surface area contributed by atoms with Gasteiger partial charge in [-0.2, -0.15) is 0 Å². The fourth-order valence-electron chi connectivity index (χ4n) is 3.25. The van der Waals surface area contributed by atoms with E-state index in [-0.39, 0.29) is 0 Å². The number of benzene rings is 2. The molecule has 1 aliphatic rings. The number of fused-ring (bicyclic) bond motifs is 1. The summed E-state index contributed by atoms with van der Waals surface area (Å²) in [7, 11) is 1.74. The van der Waals surface area contributed by atoms with Gasteiger partial charge >= 0.3 is 0 Å². The van der Waals surface area contributed by atoms with E-state index >= 15 is 0 Å². The molecule has 0 heterocycles. The molecule has 0 fully saturated rings. The third-order valence-electron chi connectivity index (χ3n) is 4.28. The maximum absolute atomic E-state index is 5.20. The van der Waals surface area contributed by atoms with Crippen LogP contribution in [-0.4, -0.2) is 13.7 Å². The first kappa shape index (κ1) is 14.2. The molecule has 1 aliphatic carbocycles. The van der Waals surface area contributed by atoms with Gasteiger partial charge in [0, 0.05) is 25.3 Å². The highest BCUT2D eigenvalue weighted by molar-refractivity contribution is 5.46. The normalized spacial score (nSPS) is 17.3. The van der Waals surface area contributed by atoms with Crippen molar-refractivity contribution in [2.24, 2.45) is 0 Å². The summed E-state index contributed by atoms with van der Waals surface area (Å²) in [5.74, 6) is 0.626. The number of anilines is 1. The third-order valence-corrected chi connectivity index (χ3v) is 4.28. The van der Waals surface area contributed by atoms with Crippen molar-refractivity contribution in [2.45, 2.75) is 31.8 Å². The van der Waals surface area contributed by atoms with Crippen LogP contribution in [0.1, 0.15) is 35.4 Å². The van der Waals surface area contributed by atoms with Crippen LogP contribution in [0.5, 0.6) is 0 Å². The van der Waals surface area contributed by atoms with E-state index in [2.05, 4.69) is 53.8 Å². The van der Waals surface area contributed by atoms with E-state index in [0.717, 1.165) is 6.54 Å². The van der Waals surface area contributed by atoms with E-state index in [1.807, 2.05) is 0 Å². The maximum atomic E-state index is 5.20. The predicted molar refractivity (Wildman–Crippen MR) is 87.8 cm³/mol. The Balaban J connectivity index is 1.67. The third kappa shape index (κ3) is 3.45. The van der Waals surface area contributed by atoms with Crippen LogP contribution >= 0.6 is 0 Å². The Labute approximate surface area is 127 Å². The first-order chi connectivity index (χ1) is 10.4. The minimum atomic E-state index is 0.626. The van der Waals surface area contributed by atoms with Crippen molar-refractivity contribution in [2.75, 3.05) is 19.0 Å². The van der Waals surface area contributed by atoms with Gasteiger partial charge in [0.2, 0.25) is 0 Å². The lowest BCUT2D eigenvalue weighted by atomic mass is 9.83. The van der Waals surface area contributed by atoms with Crippen LogP contribution < -0.4 is 5.32 Å². The fourth-order valence-corrected chi connectivity index (χ4v) is 3.25. The molecule has 1 unspecified atom stereocenters. The molecule has 2 aromatic carbocycles. The highest BCUT2D eigenvalue weighted by Gasteiger charge is 2.19. The van der Waals surface area contributed by atoms with Gasteiger partial charge in [-0.1, -0.05) is 36.4 Å². The average Bonchev–Trinajstić information content (AvgIpc) is 2.53. The number of methoxy groups -OCH3 is 1. The number of nitrogens with one attached hydrogen (secondary N) is 1. The van der Waals surface area contributed by atoms with E-state index in [4.69, 9.17) is 4.74 Å². The number of hydrogen-bond acceptors (Lipinski definition) is 2. The lowest BCUT2D eigenvalue weighted by molar-refractivity contribution is 0.185. The Morgan fingerprint density at radius 3 is 2.95 bits per heavy atom. The van der Waals surface area contributed by atoms with Crippen LogP contribution in [0.25, 0.3) is 0 Å². The van der Waals surface area contributed by atoms with Crippen molar-refractivity contribution in [1.29, 1.82) is 0 Å².